The van der Waals surface area contributed by atoms with Gasteiger partial charge in [0.1, 0.15) is 0 Å². The molecule has 124 valence electrons. The molecular formula is C18H24ClN3S. The van der Waals surface area contributed by atoms with Crippen molar-refractivity contribution >= 4 is 34.6 Å². The molecule has 2 aliphatic heterocycles. The van der Waals surface area contributed by atoms with E-state index in [4.69, 9.17) is 23.8 Å². The highest BCUT2D eigenvalue weighted by Gasteiger charge is 2.37. The maximum absolute atomic E-state index is 6.18. The average molecular weight is 350 g/mol. The molecule has 0 radical (unpaired) electrons. The molecule has 0 aromatic heterocycles. The summed E-state index contributed by atoms with van der Waals surface area (Å²) in [7, 11) is 0. The lowest BCUT2D eigenvalue weighted by Crippen LogP contribution is -2.57. The highest BCUT2D eigenvalue weighted by Crippen LogP contribution is 2.34. The summed E-state index contributed by atoms with van der Waals surface area (Å²) < 4.78 is 0. The standard InChI is InChI=1S/C18H24ClN3S/c1-2-10-22-14-6-5-7-15(22)12-13(11-14)20-18(23)21-17-9-4-3-8-16(17)19/h2-4,8-9,13-15H,1,5-7,10-12H2,(H2,20,21,23)/t13?,14-,15+. The monoisotopic (exact) mass is 349 g/mol. The normalized spacial score (nSPS) is 27.3. The van der Waals surface area contributed by atoms with Crippen LogP contribution in [0.4, 0.5) is 5.69 Å². The van der Waals surface area contributed by atoms with E-state index in [1.165, 1.54) is 19.3 Å². The molecule has 2 fully saturated rings. The van der Waals surface area contributed by atoms with Crippen molar-refractivity contribution < 1.29 is 0 Å². The second-order valence-corrected chi connectivity index (χ2v) is 7.29. The smallest absolute Gasteiger partial charge is 0.171 e. The summed E-state index contributed by atoms with van der Waals surface area (Å²) in [5, 5.41) is 8.07. The van der Waals surface area contributed by atoms with Crippen LogP contribution < -0.4 is 10.6 Å². The lowest BCUT2D eigenvalue weighted by molar-refractivity contribution is 0.0389. The molecule has 2 saturated heterocycles. The van der Waals surface area contributed by atoms with E-state index in [1.807, 2.05) is 30.3 Å². The summed E-state index contributed by atoms with van der Waals surface area (Å²) in [6.07, 6.45) is 8.24. The fraction of sp³-hybridized carbons (Fsp3) is 0.500. The second-order valence-electron chi connectivity index (χ2n) is 6.47. The number of nitrogens with one attached hydrogen (secondary N) is 2. The molecule has 2 N–H and O–H groups in total. The summed E-state index contributed by atoms with van der Waals surface area (Å²) in [6.45, 7) is 4.91. The Bertz CT molecular complexity index is 563. The van der Waals surface area contributed by atoms with E-state index in [0.29, 0.717) is 28.3 Å². The molecule has 23 heavy (non-hydrogen) atoms. The second kappa shape index (κ2) is 7.65. The van der Waals surface area contributed by atoms with Crippen LogP contribution >= 0.6 is 23.8 Å². The van der Waals surface area contributed by atoms with E-state index in [1.54, 1.807) is 0 Å². The third kappa shape index (κ3) is 4.06. The van der Waals surface area contributed by atoms with Crippen molar-refractivity contribution in [1.82, 2.24) is 10.2 Å². The van der Waals surface area contributed by atoms with E-state index >= 15 is 0 Å². The highest BCUT2D eigenvalue weighted by atomic mass is 35.5. The van der Waals surface area contributed by atoms with Crippen LogP contribution in [0.15, 0.2) is 36.9 Å². The Kier molecular flexibility index (Phi) is 5.57. The molecule has 0 amide bonds. The van der Waals surface area contributed by atoms with E-state index < -0.39 is 0 Å². The molecule has 0 aliphatic carbocycles. The van der Waals surface area contributed by atoms with Crippen LogP contribution in [0.2, 0.25) is 5.02 Å². The van der Waals surface area contributed by atoms with E-state index in [-0.39, 0.29) is 0 Å². The van der Waals surface area contributed by atoms with Gasteiger partial charge < -0.3 is 10.6 Å². The predicted molar refractivity (Wildman–Crippen MR) is 102 cm³/mol. The van der Waals surface area contributed by atoms with Gasteiger partial charge in [-0.25, -0.2) is 0 Å². The van der Waals surface area contributed by atoms with Crippen molar-refractivity contribution in [3.63, 3.8) is 0 Å². The fourth-order valence-corrected chi connectivity index (χ4v) is 4.41. The first-order valence-electron chi connectivity index (χ1n) is 8.36. The first kappa shape index (κ1) is 16.7. The van der Waals surface area contributed by atoms with E-state index in [9.17, 15) is 0 Å². The number of thiocarbonyl (C=S) groups is 1. The summed E-state index contributed by atoms with van der Waals surface area (Å²) >= 11 is 11.7. The first-order chi connectivity index (χ1) is 11.2. The Balaban J connectivity index is 1.58. The molecule has 0 spiro atoms. The minimum Gasteiger partial charge on any atom is -0.360 e. The maximum atomic E-state index is 6.18. The van der Waals surface area contributed by atoms with Crippen LogP contribution in [0.25, 0.3) is 0 Å². The Labute approximate surface area is 149 Å². The van der Waals surface area contributed by atoms with Gasteiger partial charge in [-0.1, -0.05) is 36.2 Å². The number of halogens is 1. The molecule has 2 bridgehead atoms. The Morgan fingerprint density at radius 3 is 2.65 bits per heavy atom. The SMILES string of the molecule is C=CCN1[C@@H]2CCC[C@H]1CC(NC(=S)Nc1ccccc1Cl)C2. The topological polar surface area (TPSA) is 27.3 Å². The van der Waals surface area contributed by atoms with Crippen LogP contribution in [0.5, 0.6) is 0 Å². The van der Waals surface area contributed by atoms with Crippen molar-refractivity contribution in [2.24, 2.45) is 0 Å². The molecule has 1 unspecified atom stereocenters. The number of piperidine rings is 2. The van der Waals surface area contributed by atoms with Gasteiger partial charge in [-0.05, 0) is 50.0 Å². The van der Waals surface area contributed by atoms with Gasteiger partial charge in [0.15, 0.2) is 5.11 Å². The number of hydrogen-bond donors (Lipinski definition) is 2. The Hall–Kier alpha value is -1.10. The van der Waals surface area contributed by atoms with Crippen LogP contribution in [0.3, 0.4) is 0 Å². The number of hydrogen-bond acceptors (Lipinski definition) is 2. The quantitative estimate of drug-likeness (QED) is 0.629. The van der Waals surface area contributed by atoms with Crippen LogP contribution in [-0.4, -0.2) is 34.7 Å². The minimum absolute atomic E-state index is 0.439. The zero-order valence-corrected chi connectivity index (χ0v) is 14.9. The van der Waals surface area contributed by atoms with Gasteiger partial charge in [0.25, 0.3) is 0 Å². The fourth-order valence-electron chi connectivity index (χ4n) is 3.95. The number of anilines is 1. The Morgan fingerprint density at radius 2 is 2.00 bits per heavy atom. The molecule has 3 rings (SSSR count). The van der Waals surface area contributed by atoms with Crippen LogP contribution in [0.1, 0.15) is 32.1 Å². The van der Waals surface area contributed by atoms with E-state index in [0.717, 1.165) is 25.1 Å². The van der Waals surface area contributed by atoms with Gasteiger partial charge in [-0.15, -0.1) is 6.58 Å². The zero-order valence-electron chi connectivity index (χ0n) is 13.3. The van der Waals surface area contributed by atoms with Gasteiger partial charge in [-0.3, -0.25) is 4.90 Å². The van der Waals surface area contributed by atoms with Gasteiger partial charge in [0, 0.05) is 24.7 Å². The van der Waals surface area contributed by atoms with Gasteiger partial charge in [0.2, 0.25) is 0 Å². The molecule has 1 aromatic rings. The molecule has 0 saturated carbocycles. The number of rotatable bonds is 4. The van der Waals surface area contributed by atoms with Crippen molar-refractivity contribution in [2.75, 3.05) is 11.9 Å². The summed E-state index contributed by atoms with van der Waals surface area (Å²) in [4.78, 5) is 2.62. The maximum Gasteiger partial charge on any atom is 0.171 e. The Morgan fingerprint density at radius 1 is 1.30 bits per heavy atom. The molecule has 3 nitrogen and oxygen atoms in total. The molecule has 3 atom stereocenters. The third-order valence-corrected chi connectivity index (χ3v) is 5.47. The molecule has 2 heterocycles. The summed E-state index contributed by atoms with van der Waals surface area (Å²) in [5.41, 5.74) is 0.857. The predicted octanol–water partition coefficient (Wildman–Crippen LogP) is 4.20. The average Bonchev–Trinajstić information content (AvgIpc) is 2.50. The lowest BCUT2D eigenvalue weighted by atomic mass is 9.82. The van der Waals surface area contributed by atoms with Crippen LogP contribution in [-0.2, 0) is 0 Å². The van der Waals surface area contributed by atoms with Crippen molar-refractivity contribution in [1.29, 1.82) is 0 Å². The summed E-state index contributed by atoms with van der Waals surface area (Å²) in [5.74, 6) is 0. The number of nitrogens with zero attached hydrogens (tertiary/aromatic N) is 1. The van der Waals surface area contributed by atoms with Crippen molar-refractivity contribution in [2.45, 2.75) is 50.2 Å². The van der Waals surface area contributed by atoms with E-state index in [2.05, 4.69) is 22.1 Å². The lowest BCUT2D eigenvalue weighted by Gasteiger charge is -2.48. The van der Waals surface area contributed by atoms with Gasteiger partial charge in [-0.2, -0.15) is 0 Å². The van der Waals surface area contributed by atoms with Crippen LogP contribution in [0, 0.1) is 0 Å². The largest absolute Gasteiger partial charge is 0.360 e. The van der Waals surface area contributed by atoms with Gasteiger partial charge >= 0.3 is 0 Å². The molecular weight excluding hydrogens is 326 g/mol. The van der Waals surface area contributed by atoms with Gasteiger partial charge in [0.05, 0.1) is 10.7 Å². The van der Waals surface area contributed by atoms with Crippen molar-refractivity contribution in [3.8, 4) is 0 Å². The summed E-state index contributed by atoms with van der Waals surface area (Å²) in [6, 6.07) is 9.42. The number of para-hydroxylation sites is 1. The minimum atomic E-state index is 0.439. The highest BCUT2D eigenvalue weighted by molar-refractivity contribution is 7.80. The number of benzene rings is 1. The molecule has 1 aromatic carbocycles. The first-order valence-corrected chi connectivity index (χ1v) is 9.14. The third-order valence-electron chi connectivity index (χ3n) is 4.92. The number of fused-ring (bicyclic) bond motifs is 2. The van der Waals surface area contributed by atoms with Crippen molar-refractivity contribution in [3.05, 3.63) is 41.9 Å². The molecule has 5 heteroatoms. The molecule has 2 aliphatic rings. The zero-order chi connectivity index (χ0) is 16.2.